The van der Waals surface area contributed by atoms with Gasteiger partial charge in [-0.3, -0.25) is 4.79 Å². The monoisotopic (exact) mass is 348 g/mol. The molecule has 0 saturated heterocycles. The molecule has 0 spiro atoms. The molecule has 4 heteroatoms. The van der Waals surface area contributed by atoms with Crippen LogP contribution in [0.1, 0.15) is 16.7 Å². The Bertz CT molecular complexity index is 944. The van der Waals surface area contributed by atoms with Crippen molar-refractivity contribution < 1.29 is 4.79 Å². The molecule has 0 unspecified atom stereocenters. The molecule has 0 radical (unpaired) electrons. The summed E-state index contributed by atoms with van der Waals surface area (Å²) in [5.41, 5.74) is 4.17. The summed E-state index contributed by atoms with van der Waals surface area (Å²) in [6, 6.07) is 20.1. The van der Waals surface area contributed by atoms with Crippen LogP contribution in [-0.4, -0.2) is 11.0 Å². The van der Waals surface area contributed by atoms with Gasteiger partial charge < -0.3 is 10.6 Å². The standard InChI is InChI=1S/C21H20N2OS/c1-14-10-11-19(15(2)12-14)22-21(25)23-20(24)13-17-8-5-7-16-6-3-4-9-18(16)17/h3-12H,13H2,1-2H3,(H2,22,23,24,25). The average molecular weight is 348 g/mol. The number of hydrogen-bond donors (Lipinski definition) is 2. The molecule has 126 valence electrons. The van der Waals surface area contributed by atoms with Crippen molar-refractivity contribution in [1.82, 2.24) is 5.32 Å². The topological polar surface area (TPSA) is 41.1 Å². The summed E-state index contributed by atoms with van der Waals surface area (Å²) < 4.78 is 0. The van der Waals surface area contributed by atoms with Crippen LogP contribution < -0.4 is 10.6 Å². The molecule has 2 N–H and O–H groups in total. The molecule has 0 atom stereocenters. The maximum atomic E-state index is 12.4. The van der Waals surface area contributed by atoms with Crippen LogP contribution in [-0.2, 0) is 11.2 Å². The second-order valence-corrected chi connectivity index (χ2v) is 6.54. The molecule has 3 aromatic rings. The van der Waals surface area contributed by atoms with Crippen LogP contribution in [0, 0.1) is 13.8 Å². The SMILES string of the molecule is Cc1ccc(NC(=S)NC(=O)Cc2cccc3ccccc23)c(C)c1. The second-order valence-electron chi connectivity index (χ2n) is 6.14. The first-order chi connectivity index (χ1) is 12.0. The smallest absolute Gasteiger partial charge is 0.230 e. The van der Waals surface area contributed by atoms with Crippen LogP contribution in [0.25, 0.3) is 10.8 Å². The maximum Gasteiger partial charge on any atom is 0.230 e. The number of aryl methyl sites for hydroxylation is 2. The average Bonchev–Trinajstić information content (AvgIpc) is 2.57. The Balaban J connectivity index is 1.66. The second kappa shape index (κ2) is 7.45. The Labute approximate surface area is 153 Å². The van der Waals surface area contributed by atoms with Crippen molar-refractivity contribution in [3.05, 3.63) is 77.4 Å². The van der Waals surface area contributed by atoms with Gasteiger partial charge in [0, 0.05) is 5.69 Å². The van der Waals surface area contributed by atoms with Crippen molar-refractivity contribution in [3.8, 4) is 0 Å². The molecular weight excluding hydrogens is 328 g/mol. The molecule has 0 aliphatic carbocycles. The number of rotatable bonds is 3. The van der Waals surface area contributed by atoms with E-state index in [0.717, 1.165) is 27.6 Å². The highest BCUT2D eigenvalue weighted by molar-refractivity contribution is 7.80. The number of fused-ring (bicyclic) bond motifs is 1. The van der Waals surface area contributed by atoms with E-state index >= 15 is 0 Å². The van der Waals surface area contributed by atoms with Crippen LogP contribution >= 0.6 is 12.2 Å². The minimum Gasteiger partial charge on any atom is -0.332 e. The van der Waals surface area contributed by atoms with E-state index < -0.39 is 0 Å². The van der Waals surface area contributed by atoms with Gasteiger partial charge >= 0.3 is 0 Å². The van der Waals surface area contributed by atoms with E-state index in [1.165, 1.54) is 5.56 Å². The first-order valence-corrected chi connectivity index (χ1v) is 8.58. The van der Waals surface area contributed by atoms with Crippen LogP contribution in [0.2, 0.25) is 0 Å². The number of nitrogens with one attached hydrogen (secondary N) is 2. The summed E-state index contributed by atoms with van der Waals surface area (Å²) in [4.78, 5) is 12.4. The zero-order valence-corrected chi connectivity index (χ0v) is 15.1. The van der Waals surface area contributed by atoms with Crippen LogP contribution in [0.15, 0.2) is 60.7 Å². The summed E-state index contributed by atoms with van der Waals surface area (Å²) in [6.45, 7) is 4.05. The number of benzene rings is 3. The Hall–Kier alpha value is -2.72. The highest BCUT2D eigenvalue weighted by Gasteiger charge is 2.09. The summed E-state index contributed by atoms with van der Waals surface area (Å²) in [5.74, 6) is -0.126. The minimum absolute atomic E-state index is 0.126. The number of thiocarbonyl (C=S) groups is 1. The largest absolute Gasteiger partial charge is 0.332 e. The van der Waals surface area contributed by atoms with E-state index in [2.05, 4.69) is 16.7 Å². The molecule has 25 heavy (non-hydrogen) atoms. The van der Waals surface area contributed by atoms with Crippen molar-refractivity contribution >= 4 is 39.7 Å². The zero-order chi connectivity index (χ0) is 17.8. The number of amides is 1. The summed E-state index contributed by atoms with van der Waals surface area (Å²) in [5, 5.41) is 8.39. The molecule has 0 aromatic heterocycles. The van der Waals surface area contributed by atoms with Gasteiger partial charge in [0.25, 0.3) is 0 Å². The number of anilines is 1. The molecule has 3 rings (SSSR count). The minimum atomic E-state index is -0.126. The molecule has 0 bridgehead atoms. The van der Waals surface area contributed by atoms with Crippen molar-refractivity contribution in [3.63, 3.8) is 0 Å². The van der Waals surface area contributed by atoms with Crippen LogP contribution in [0.5, 0.6) is 0 Å². The van der Waals surface area contributed by atoms with Gasteiger partial charge in [-0.2, -0.15) is 0 Å². The first kappa shape index (κ1) is 17.1. The number of carbonyl (C=O) groups excluding carboxylic acids is 1. The van der Waals surface area contributed by atoms with E-state index in [-0.39, 0.29) is 12.3 Å². The highest BCUT2D eigenvalue weighted by Crippen LogP contribution is 2.19. The third-order valence-electron chi connectivity index (χ3n) is 4.11. The Morgan fingerprint density at radius 3 is 2.56 bits per heavy atom. The number of hydrogen-bond acceptors (Lipinski definition) is 2. The summed E-state index contributed by atoms with van der Waals surface area (Å²) in [7, 11) is 0. The lowest BCUT2D eigenvalue weighted by atomic mass is 10.0. The van der Waals surface area contributed by atoms with Crippen molar-refractivity contribution in [2.75, 3.05) is 5.32 Å². The molecule has 0 fully saturated rings. The van der Waals surface area contributed by atoms with E-state index in [9.17, 15) is 4.79 Å². The van der Waals surface area contributed by atoms with Gasteiger partial charge in [-0.15, -0.1) is 0 Å². The lowest BCUT2D eigenvalue weighted by Crippen LogP contribution is -2.35. The third kappa shape index (κ3) is 4.22. The molecule has 0 heterocycles. The molecule has 0 aliphatic heterocycles. The maximum absolute atomic E-state index is 12.4. The molecule has 3 aromatic carbocycles. The lowest BCUT2D eigenvalue weighted by Gasteiger charge is -2.13. The predicted octanol–water partition coefficient (Wildman–Crippen LogP) is 4.51. The quantitative estimate of drug-likeness (QED) is 0.684. The highest BCUT2D eigenvalue weighted by atomic mass is 32.1. The van der Waals surface area contributed by atoms with Gasteiger partial charge in [0.1, 0.15) is 0 Å². The van der Waals surface area contributed by atoms with E-state index in [1.54, 1.807) is 0 Å². The molecule has 3 nitrogen and oxygen atoms in total. The van der Waals surface area contributed by atoms with Gasteiger partial charge in [-0.1, -0.05) is 60.2 Å². The van der Waals surface area contributed by atoms with Gasteiger partial charge in [-0.25, -0.2) is 0 Å². The Morgan fingerprint density at radius 1 is 1.00 bits per heavy atom. The lowest BCUT2D eigenvalue weighted by molar-refractivity contribution is -0.119. The van der Waals surface area contributed by atoms with Gasteiger partial charge in [-0.05, 0) is 54.0 Å². The third-order valence-corrected chi connectivity index (χ3v) is 4.32. The van der Waals surface area contributed by atoms with Gasteiger partial charge in [0.2, 0.25) is 5.91 Å². The molecular formula is C21H20N2OS. The van der Waals surface area contributed by atoms with Crippen LogP contribution in [0.4, 0.5) is 5.69 Å². The van der Waals surface area contributed by atoms with Crippen molar-refractivity contribution in [1.29, 1.82) is 0 Å². The van der Waals surface area contributed by atoms with Crippen molar-refractivity contribution in [2.45, 2.75) is 20.3 Å². The van der Waals surface area contributed by atoms with Crippen LogP contribution in [0.3, 0.4) is 0 Å². The van der Waals surface area contributed by atoms with E-state index in [4.69, 9.17) is 12.2 Å². The van der Waals surface area contributed by atoms with Gasteiger partial charge in [0.05, 0.1) is 6.42 Å². The summed E-state index contributed by atoms with van der Waals surface area (Å²) >= 11 is 5.27. The van der Waals surface area contributed by atoms with Gasteiger partial charge in [0.15, 0.2) is 5.11 Å². The fraction of sp³-hybridized carbons (Fsp3) is 0.143. The summed E-state index contributed by atoms with van der Waals surface area (Å²) in [6.07, 6.45) is 0.288. The van der Waals surface area contributed by atoms with E-state index in [1.807, 2.05) is 68.4 Å². The Kier molecular flexibility index (Phi) is 5.10. The fourth-order valence-electron chi connectivity index (χ4n) is 2.90. The van der Waals surface area contributed by atoms with E-state index in [0.29, 0.717) is 5.11 Å². The zero-order valence-electron chi connectivity index (χ0n) is 14.3. The molecule has 0 aliphatic rings. The Morgan fingerprint density at radius 2 is 1.76 bits per heavy atom. The predicted molar refractivity (Wildman–Crippen MR) is 108 cm³/mol. The normalized spacial score (nSPS) is 10.5. The fourth-order valence-corrected chi connectivity index (χ4v) is 3.12. The first-order valence-electron chi connectivity index (χ1n) is 8.17. The molecule has 0 saturated carbocycles. The van der Waals surface area contributed by atoms with Crippen molar-refractivity contribution in [2.24, 2.45) is 0 Å². The molecule has 1 amide bonds. The number of carbonyl (C=O) groups is 1.